The molecule has 17 heavy (non-hydrogen) atoms. The zero-order chi connectivity index (χ0) is 12.4. The molecule has 1 atom stereocenters. The number of aryl methyl sites for hydroxylation is 3. The Bertz CT molecular complexity index is 494. The Labute approximate surface area is 102 Å². The summed E-state index contributed by atoms with van der Waals surface area (Å²) in [4.78, 5) is 0. The molecular weight excluding hydrogens is 210 g/mol. The van der Waals surface area contributed by atoms with Crippen LogP contribution in [0.25, 0.3) is 0 Å². The van der Waals surface area contributed by atoms with E-state index in [9.17, 15) is 0 Å². The molecule has 0 radical (unpaired) electrons. The monoisotopic (exact) mass is 229 g/mol. The summed E-state index contributed by atoms with van der Waals surface area (Å²) in [6, 6.07) is 8.34. The van der Waals surface area contributed by atoms with E-state index in [4.69, 9.17) is 5.73 Å². The molecule has 0 aliphatic rings. The quantitative estimate of drug-likeness (QED) is 0.879. The summed E-state index contributed by atoms with van der Waals surface area (Å²) >= 11 is 0. The topological polar surface area (TPSA) is 43.8 Å². The van der Waals surface area contributed by atoms with E-state index in [1.165, 1.54) is 11.1 Å². The molecule has 1 aromatic carbocycles. The van der Waals surface area contributed by atoms with Gasteiger partial charge >= 0.3 is 0 Å². The molecule has 2 aromatic rings. The third-order valence-electron chi connectivity index (χ3n) is 2.97. The van der Waals surface area contributed by atoms with Gasteiger partial charge in [-0.3, -0.25) is 4.68 Å². The summed E-state index contributed by atoms with van der Waals surface area (Å²) in [6.07, 6.45) is 1.81. The van der Waals surface area contributed by atoms with Gasteiger partial charge in [-0.1, -0.05) is 29.3 Å². The molecule has 0 spiro atoms. The van der Waals surface area contributed by atoms with Crippen LogP contribution in [0.2, 0.25) is 0 Å². The largest absolute Gasteiger partial charge is 0.319 e. The van der Waals surface area contributed by atoms with Crippen molar-refractivity contribution in [3.8, 4) is 0 Å². The van der Waals surface area contributed by atoms with E-state index in [1.807, 2.05) is 10.7 Å². The van der Waals surface area contributed by atoms with Crippen LogP contribution in [-0.4, -0.2) is 9.78 Å². The highest BCUT2D eigenvalue weighted by atomic mass is 15.3. The molecule has 1 unspecified atom stereocenters. The summed E-state index contributed by atoms with van der Waals surface area (Å²) in [5.41, 5.74) is 11.0. The van der Waals surface area contributed by atoms with Crippen molar-refractivity contribution < 1.29 is 0 Å². The number of hydrogen-bond acceptors (Lipinski definition) is 2. The number of nitrogens with two attached hydrogens (primary N) is 1. The molecular formula is C14H19N3. The minimum Gasteiger partial charge on any atom is -0.319 e. The van der Waals surface area contributed by atoms with Gasteiger partial charge in [-0.15, -0.1) is 0 Å². The molecule has 0 aliphatic carbocycles. The zero-order valence-corrected chi connectivity index (χ0v) is 10.6. The Morgan fingerprint density at radius 3 is 2.47 bits per heavy atom. The second kappa shape index (κ2) is 4.72. The van der Waals surface area contributed by atoms with Crippen molar-refractivity contribution in [2.75, 3.05) is 0 Å². The van der Waals surface area contributed by atoms with Crippen LogP contribution in [0.15, 0.2) is 30.5 Å². The zero-order valence-electron chi connectivity index (χ0n) is 10.6. The Kier molecular flexibility index (Phi) is 3.29. The van der Waals surface area contributed by atoms with Gasteiger partial charge in [0.05, 0.1) is 11.7 Å². The molecule has 0 fully saturated rings. The minimum atomic E-state index is -0.101. The van der Waals surface area contributed by atoms with Crippen LogP contribution in [-0.2, 0) is 6.54 Å². The molecule has 2 rings (SSSR count). The van der Waals surface area contributed by atoms with E-state index < -0.39 is 0 Å². The Hall–Kier alpha value is -1.61. The van der Waals surface area contributed by atoms with Gasteiger partial charge in [0.15, 0.2) is 0 Å². The van der Waals surface area contributed by atoms with E-state index in [2.05, 4.69) is 44.1 Å². The number of hydrogen-bond donors (Lipinski definition) is 1. The third-order valence-corrected chi connectivity index (χ3v) is 2.97. The fraction of sp³-hybridized carbons (Fsp3) is 0.357. The molecule has 3 nitrogen and oxygen atoms in total. The van der Waals surface area contributed by atoms with E-state index in [0.717, 1.165) is 17.8 Å². The summed E-state index contributed by atoms with van der Waals surface area (Å²) < 4.78 is 1.95. The summed E-state index contributed by atoms with van der Waals surface area (Å²) in [5.74, 6) is 0. The van der Waals surface area contributed by atoms with Gasteiger partial charge in [-0.2, -0.15) is 5.10 Å². The lowest BCUT2D eigenvalue weighted by atomic mass is 10.00. The maximum Gasteiger partial charge on any atom is 0.0723 e. The molecule has 0 saturated heterocycles. The van der Waals surface area contributed by atoms with Gasteiger partial charge in [0.2, 0.25) is 0 Å². The fourth-order valence-electron chi connectivity index (χ4n) is 2.23. The fourth-order valence-corrected chi connectivity index (χ4v) is 2.23. The van der Waals surface area contributed by atoms with Crippen molar-refractivity contribution in [2.24, 2.45) is 5.73 Å². The summed E-state index contributed by atoms with van der Waals surface area (Å²) in [7, 11) is 0. The van der Waals surface area contributed by atoms with Gasteiger partial charge in [-0.05, 0) is 32.4 Å². The summed E-state index contributed by atoms with van der Waals surface area (Å²) in [5, 5.41) is 4.26. The third kappa shape index (κ3) is 2.39. The highest BCUT2D eigenvalue weighted by molar-refractivity contribution is 5.34. The maximum atomic E-state index is 6.31. The van der Waals surface area contributed by atoms with Crippen LogP contribution in [0.4, 0.5) is 0 Å². The van der Waals surface area contributed by atoms with Gasteiger partial charge in [0.25, 0.3) is 0 Å². The number of nitrogens with zero attached hydrogens (tertiary/aromatic N) is 2. The Morgan fingerprint density at radius 2 is 1.88 bits per heavy atom. The lowest BCUT2D eigenvalue weighted by Gasteiger charge is -2.15. The summed E-state index contributed by atoms with van der Waals surface area (Å²) in [6.45, 7) is 7.12. The first-order valence-corrected chi connectivity index (χ1v) is 5.97. The van der Waals surface area contributed by atoms with Gasteiger partial charge in [0.1, 0.15) is 0 Å². The van der Waals surface area contributed by atoms with E-state index >= 15 is 0 Å². The molecule has 0 saturated carbocycles. The van der Waals surface area contributed by atoms with Crippen molar-refractivity contribution in [3.63, 3.8) is 0 Å². The normalized spacial score (nSPS) is 12.7. The predicted molar refractivity (Wildman–Crippen MR) is 69.8 cm³/mol. The van der Waals surface area contributed by atoms with Crippen molar-refractivity contribution >= 4 is 0 Å². The molecule has 0 bridgehead atoms. The van der Waals surface area contributed by atoms with Crippen LogP contribution in [0, 0.1) is 13.8 Å². The molecule has 1 aromatic heterocycles. The van der Waals surface area contributed by atoms with Gasteiger partial charge in [0, 0.05) is 12.7 Å². The van der Waals surface area contributed by atoms with Crippen molar-refractivity contribution in [1.29, 1.82) is 0 Å². The van der Waals surface area contributed by atoms with E-state index in [1.54, 1.807) is 6.20 Å². The molecule has 1 heterocycles. The van der Waals surface area contributed by atoms with Crippen LogP contribution in [0.3, 0.4) is 0 Å². The highest BCUT2D eigenvalue weighted by Crippen LogP contribution is 2.21. The van der Waals surface area contributed by atoms with Crippen LogP contribution in [0.1, 0.15) is 35.3 Å². The average molecular weight is 229 g/mol. The first kappa shape index (κ1) is 11.9. The van der Waals surface area contributed by atoms with E-state index in [0.29, 0.717) is 0 Å². The van der Waals surface area contributed by atoms with Gasteiger partial charge < -0.3 is 5.73 Å². The molecule has 90 valence electrons. The minimum absolute atomic E-state index is 0.101. The SMILES string of the molecule is CCn1nccc1C(N)c1cc(C)cc(C)c1. The lowest BCUT2D eigenvalue weighted by Crippen LogP contribution is -2.17. The maximum absolute atomic E-state index is 6.31. The second-order valence-corrected chi connectivity index (χ2v) is 4.47. The molecule has 0 aliphatic heterocycles. The second-order valence-electron chi connectivity index (χ2n) is 4.47. The van der Waals surface area contributed by atoms with Crippen molar-refractivity contribution in [1.82, 2.24) is 9.78 Å². The molecule has 2 N–H and O–H groups in total. The molecule has 0 amide bonds. The standard InChI is InChI=1S/C14H19N3/c1-4-17-13(5-6-16-17)14(15)12-8-10(2)7-11(3)9-12/h5-9,14H,4,15H2,1-3H3. The van der Waals surface area contributed by atoms with Crippen LogP contribution < -0.4 is 5.73 Å². The smallest absolute Gasteiger partial charge is 0.0723 e. The van der Waals surface area contributed by atoms with Gasteiger partial charge in [-0.25, -0.2) is 0 Å². The Morgan fingerprint density at radius 1 is 1.24 bits per heavy atom. The lowest BCUT2D eigenvalue weighted by molar-refractivity contribution is 0.600. The molecule has 3 heteroatoms. The van der Waals surface area contributed by atoms with Crippen LogP contribution in [0.5, 0.6) is 0 Å². The van der Waals surface area contributed by atoms with Crippen molar-refractivity contribution in [2.45, 2.75) is 33.4 Å². The average Bonchev–Trinajstić information content (AvgIpc) is 2.74. The first-order chi connectivity index (χ1) is 8.11. The highest BCUT2D eigenvalue weighted by Gasteiger charge is 2.13. The predicted octanol–water partition coefficient (Wildman–Crippen LogP) is 2.57. The van der Waals surface area contributed by atoms with Crippen molar-refractivity contribution in [3.05, 3.63) is 52.8 Å². The number of benzene rings is 1. The number of aromatic nitrogens is 2. The van der Waals surface area contributed by atoms with E-state index in [-0.39, 0.29) is 6.04 Å². The number of rotatable bonds is 3. The first-order valence-electron chi connectivity index (χ1n) is 5.97. The Balaban J connectivity index is 2.39. The van der Waals surface area contributed by atoms with Crippen LogP contribution >= 0.6 is 0 Å².